The second-order valence-corrected chi connectivity index (χ2v) is 3.46. The van der Waals surface area contributed by atoms with E-state index in [1.54, 1.807) is 0 Å². The van der Waals surface area contributed by atoms with Gasteiger partial charge in [-0.15, -0.1) is 0 Å². The molecule has 0 aromatic carbocycles. The van der Waals surface area contributed by atoms with E-state index in [-0.39, 0.29) is 0 Å². The molecule has 3 heteroatoms. The predicted octanol–water partition coefficient (Wildman–Crippen LogP) is 1.67. The lowest BCUT2D eigenvalue weighted by Gasteiger charge is -2.03. The zero-order valence-corrected chi connectivity index (χ0v) is 7.50. The van der Waals surface area contributed by atoms with E-state index < -0.39 is 7.12 Å². The van der Waals surface area contributed by atoms with Crippen molar-refractivity contribution >= 4 is 7.12 Å². The molecule has 0 amide bonds. The van der Waals surface area contributed by atoms with E-state index in [9.17, 15) is 0 Å². The standard InChI is InChI=1S/C9H17BO2/c11-10(12)9-7-5-3-1-2-4-6-8-9/h7,11-12H,1-6,8H2. The lowest BCUT2D eigenvalue weighted by atomic mass is 9.76. The molecule has 1 aliphatic rings. The van der Waals surface area contributed by atoms with E-state index in [1.807, 2.05) is 6.08 Å². The molecule has 1 rings (SSSR count). The third-order valence-electron chi connectivity index (χ3n) is 2.41. The summed E-state index contributed by atoms with van der Waals surface area (Å²) in [6.07, 6.45) is 9.96. The van der Waals surface area contributed by atoms with Crippen molar-refractivity contribution in [3.8, 4) is 0 Å². The second kappa shape index (κ2) is 5.38. The minimum absolute atomic E-state index is 0.817. The molecule has 0 aliphatic heterocycles. The summed E-state index contributed by atoms with van der Waals surface area (Å²) in [4.78, 5) is 0. The van der Waals surface area contributed by atoms with Gasteiger partial charge in [-0.1, -0.05) is 31.8 Å². The van der Waals surface area contributed by atoms with Gasteiger partial charge in [0, 0.05) is 0 Å². The number of rotatable bonds is 1. The summed E-state index contributed by atoms with van der Waals surface area (Å²) in [6, 6.07) is 0. The summed E-state index contributed by atoms with van der Waals surface area (Å²) in [5.41, 5.74) is 0.817. The topological polar surface area (TPSA) is 40.5 Å². The SMILES string of the molecule is OB(O)C1=CCCCCCCC1. The Morgan fingerprint density at radius 2 is 1.67 bits per heavy atom. The van der Waals surface area contributed by atoms with Crippen molar-refractivity contribution in [2.45, 2.75) is 44.9 Å². The normalized spacial score (nSPS) is 20.3. The van der Waals surface area contributed by atoms with Crippen LogP contribution in [-0.4, -0.2) is 17.2 Å². The van der Waals surface area contributed by atoms with Gasteiger partial charge in [-0.2, -0.15) is 0 Å². The van der Waals surface area contributed by atoms with Crippen LogP contribution in [-0.2, 0) is 0 Å². The van der Waals surface area contributed by atoms with Gasteiger partial charge in [0.05, 0.1) is 0 Å². The van der Waals surface area contributed by atoms with E-state index >= 15 is 0 Å². The smallest absolute Gasteiger partial charge is 0.423 e. The molecule has 1 aliphatic carbocycles. The second-order valence-electron chi connectivity index (χ2n) is 3.46. The highest BCUT2D eigenvalue weighted by molar-refractivity contribution is 6.50. The molecule has 0 heterocycles. The van der Waals surface area contributed by atoms with Gasteiger partial charge in [-0.25, -0.2) is 0 Å². The van der Waals surface area contributed by atoms with E-state index in [0.29, 0.717) is 0 Å². The zero-order valence-electron chi connectivity index (χ0n) is 7.50. The van der Waals surface area contributed by atoms with Crippen molar-refractivity contribution in [1.82, 2.24) is 0 Å². The Morgan fingerprint density at radius 1 is 1.00 bits per heavy atom. The molecule has 0 aromatic rings. The molecular formula is C9H17BO2. The molecular weight excluding hydrogens is 151 g/mol. The highest BCUT2D eigenvalue weighted by Crippen LogP contribution is 2.17. The van der Waals surface area contributed by atoms with Gasteiger partial charge in [-0.3, -0.25) is 0 Å². The number of hydrogen-bond acceptors (Lipinski definition) is 2. The Balaban J connectivity index is 2.44. The minimum atomic E-state index is -1.22. The van der Waals surface area contributed by atoms with E-state index in [4.69, 9.17) is 10.0 Å². The van der Waals surface area contributed by atoms with Gasteiger partial charge < -0.3 is 10.0 Å². The van der Waals surface area contributed by atoms with Crippen molar-refractivity contribution in [3.63, 3.8) is 0 Å². The van der Waals surface area contributed by atoms with Crippen LogP contribution in [0, 0.1) is 0 Å². The van der Waals surface area contributed by atoms with E-state index in [0.717, 1.165) is 24.7 Å². The van der Waals surface area contributed by atoms with Crippen LogP contribution in [0.1, 0.15) is 44.9 Å². The molecule has 0 atom stereocenters. The summed E-state index contributed by atoms with van der Waals surface area (Å²) in [5.74, 6) is 0. The maximum absolute atomic E-state index is 8.97. The molecule has 0 saturated carbocycles. The predicted molar refractivity (Wildman–Crippen MR) is 50.6 cm³/mol. The summed E-state index contributed by atoms with van der Waals surface area (Å²) in [7, 11) is -1.22. The molecule has 0 spiro atoms. The Morgan fingerprint density at radius 3 is 2.42 bits per heavy atom. The van der Waals surface area contributed by atoms with Crippen molar-refractivity contribution in [2.24, 2.45) is 0 Å². The fraction of sp³-hybridized carbons (Fsp3) is 0.778. The molecule has 12 heavy (non-hydrogen) atoms. The van der Waals surface area contributed by atoms with Crippen LogP contribution >= 0.6 is 0 Å². The van der Waals surface area contributed by atoms with Crippen LogP contribution in [0.3, 0.4) is 0 Å². The fourth-order valence-electron chi connectivity index (χ4n) is 1.63. The van der Waals surface area contributed by atoms with Crippen LogP contribution in [0.2, 0.25) is 0 Å². The van der Waals surface area contributed by atoms with Gasteiger partial charge >= 0.3 is 7.12 Å². The van der Waals surface area contributed by atoms with Crippen LogP contribution in [0.5, 0.6) is 0 Å². The van der Waals surface area contributed by atoms with Gasteiger partial charge in [0.25, 0.3) is 0 Å². The molecule has 2 nitrogen and oxygen atoms in total. The molecule has 0 aromatic heterocycles. The number of hydrogen-bond donors (Lipinski definition) is 2. The molecule has 0 fully saturated rings. The number of allylic oxidation sites excluding steroid dienone is 2. The molecule has 68 valence electrons. The molecule has 0 radical (unpaired) electrons. The fourth-order valence-corrected chi connectivity index (χ4v) is 1.63. The van der Waals surface area contributed by atoms with Crippen LogP contribution in [0.25, 0.3) is 0 Å². The van der Waals surface area contributed by atoms with Crippen LogP contribution < -0.4 is 0 Å². The van der Waals surface area contributed by atoms with Crippen LogP contribution in [0.15, 0.2) is 11.5 Å². The summed E-state index contributed by atoms with van der Waals surface area (Å²) < 4.78 is 0. The maximum Gasteiger partial charge on any atom is 0.483 e. The molecule has 2 N–H and O–H groups in total. The average Bonchev–Trinajstić information content (AvgIpc) is 2.15. The van der Waals surface area contributed by atoms with Gasteiger partial charge in [0.1, 0.15) is 0 Å². The minimum Gasteiger partial charge on any atom is -0.423 e. The van der Waals surface area contributed by atoms with Crippen molar-refractivity contribution in [3.05, 3.63) is 11.5 Å². The first-order chi connectivity index (χ1) is 5.80. The Bertz CT molecular complexity index is 155. The average molecular weight is 168 g/mol. The molecule has 0 unspecified atom stereocenters. The molecule has 0 saturated heterocycles. The van der Waals surface area contributed by atoms with Crippen molar-refractivity contribution in [1.29, 1.82) is 0 Å². The lowest BCUT2D eigenvalue weighted by molar-refractivity contribution is 0.415. The van der Waals surface area contributed by atoms with Crippen LogP contribution in [0.4, 0.5) is 0 Å². The first-order valence-electron chi connectivity index (χ1n) is 4.86. The maximum atomic E-state index is 8.97. The highest BCUT2D eigenvalue weighted by atomic mass is 16.4. The van der Waals surface area contributed by atoms with Gasteiger partial charge in [0.2, 0.25) is 0 Å². The van der Waals surface area contributed by atoms with Crippen molar-refractivity contribution in [2.75, 3.05) is 0 Å². The van der Waals surface area contributed by atoms with E-state index in [1.165, 1.54) is 25.7 Å². The first-order valence-corrected chi connectivity index (χ1v) is 4.86. The third-order valence-corrected chi connectivity index (χ3v) is 2.41. The third kappa shape index (κ3) is 3.41. The lowest BCUT2D eigenvalue weighted by Crippen LogP contribution is -2.15. The largest absolute Gasteiger partial charge is 0.483 e. The highest BCUT2D eigenvalue weighted by Gasteiger charge is 2.13. The van der Waals surface area contributed by atoms with Gasteiger partial charge in [-0.05, 0) is 24.7 Å². The van der Waals surface area contributed by atoms with Gasteiger partial charge in [0.15, 0.2) is 0 Å². The first kappa shape index (κ1) is 9.81. The summed E-state index contributed by atoms with van der Waals surface area (Å²) in [6.45, 7) is 0. The monoisotopic (exact) mass is 168 g/mol. The Kier molecular flexibility index (Phi) is 4.40. The quantitative estimate of drug-likeness (QED) is 0.584. The summed E-state index contributed by atoms with van der Waals surface area (Å²) in [5, 5.41) is 17.9. The van der Waals surface area contributed by atoms with E-state index in [2.05, 4.69) is 0 Å². The van der Waals surface area contributed by atoms with Crippen molar-refractivity contribution < 1.29 is 10.0 Å². The molecule has 0 bridgehead atoms. The summed E-state index contributed by atoms with van der Waals surface area (Å²) >= 11 is 0. The Hall–Kier alpha value is -0.275. The zero-order chi connectivity index (χ0) is 8.81. The Labute approximate surface area is 74.4 Å².